The van der Waals surface area contributed by atoms with Crippen molar-refractivity contribution in [2.24, 2.45) is 0 Å². The van der Waals surface area contributed by atoms with E-state index in [0.29, 0.717) is 0 Å². The van der Waals surface area contributed by atoms with Crippen LogP contribution in [0.3, 0.4) is 0 Å². The second-order valence-electron chi connectivity index (χ2n) is 3.10. The first-order valence-corrected chi connectivity index (χ1v) is 4.22. The number of hydrogen-bond donors (Lipinski definition) is 2. The molecule has 1 aromatic carbocycles. The van der Waals surface area contributed by atoms with E-state index >= 15 is 0 Å². The van der Waals surface area contributed by atoms with Gasteiger partial charge in [0.05, 0.1) is 0 Å². The number of benzene rings is 1. The minimum Gasteiger partial charge on any atom is -0.382 e. The fraction of sp³-hybridized carbons (Fsp3) is 0.200. The van der Waals surface area contributed by atoms with Crippen molar-refractivity contribution in [3.05, 3.63) is 36.0 Å². The molecule has 0 aliphatic rings. The SMILES string of the molecule is OC(c1ccc2[nH]ccc2c1)C(F)F. The zero-order valence-electron chi connectivity index (χ0n) is 7.24. The van der Waals surface area contributed by atoms with E-state index in [0.717, 1.165) is 10.9 Å². The quantitative estimate of drug-likeness (QED) is 0.762. The van der Waals surface area contributed by atoms with Gasteiger partial charge in [0.15, 0.2) is 0 Å². The summed E-state index contributed by atoms with van der Waals surface area (Å²) in [5.41, 5.74) is 1.11. The van der Waals surface area contributed by atoms with Crippen LogP contribution in [0.15, 0.2) is 30.5 Å². The molecule has 0 fully saturated rings. The van der Waals surface area contributed by atoms with Gasteiger partial charge in [0.2, 0.25) is 0 Å². The largest absolute Gasteiger partial charge is 0.382 e. The monoisotopic (exact) mass is 197 g/mol. The molecule has 0 spiro atoms. The highest BCUT2D eigenvalue weighted by Crippen LogP contribution is 2.23. The van der Waals surface area contributed by atoms with Crippen LogP contribution in [0, 0.1) is 0 Å². The molecule has 1 unspecified atom stereocenters. The fourth-order valence-corrected chi connectivity index (χ4v) is 1.40. The summed E-state index contributed by atoms with van der Waals surface area (Å²) in [4.78, 5) is 2.95. The molecule has 2 N–H and O–H groups in total. The van der Waals surface area contributed by atoms with Gasteiger partial charge >= 0.3 is 0 Å². The molecule has 0 aliphatic heterocycles. The summed E-state index contributed by atoms with van der Waals surface area (Å²) >= 11 is 0. The second kappa shape index (κ2) is 3.38. The average molecular weight is 197 g/mol. The highest BCUT2D eigenvalue weighted by Gasteiger charge is 2.18. The van der Waals surface area contributed by atoms with Gasteiger partial charge in [-0.1, -0.05) is 6.07 Å². The van der Waals surface area contributed by atoms with E-state index in [1.807, 2.05) is 0 Å². The van der Waals surface area contributed by atoms with Crippen molar-refractivity contribution in [1.29, 1.82) is 0 Å². The molecule has 0 saturated carbocycles. The zero-order valence-corrected chi connectivity index (χ0v) is 7.24. The first-order chi connectivity index (χ1) is 6.68. The Morgan fingerprint density at radius 3 is 2.71 bits per heavy atom. The van der Waals surface area contributed by atoms with E-state index in [2.05, 4.69) is 4.98 Å². The van der Waals surface area contributed by atoms with Crippen molar-refractivity contribution in [3.63, 3.8) is 0 Å². The number of aliphatic hydroxyl groups excluding tert-OH is 1. The topological polar surface area (TPSA) is 36.0 Å². The third-order valence-corrected chi connectivity index (χ3v) is 2.16. The molecule has 0 bridgehead atoms. The summed E-state index contributed by atoms with van der Waals surface area (Å²) in [6.45, 7) is 0. The van der Waals surface area contributed by atoms with Crippen LogP contribution in [-0.2, 0) is 0 Å². The van der Waals surface area contributed by atoms with Crippen LogP contribution < -0.4 is 0 Å². The van der Waals surface area contributed by atoms with Gasteiger partial charge in [-0.05, 0) is 29.1 Å². The number of rotatable bonds is 2. The number of halogens is 2. The van der Waals surface area contributed by atoms with Crippen molar-refractivity contribution in [3.8, 4) is 0 Å². The number of hydrogen-bond acceptors (Lipinski definition) is 1. The van der Waals surface area contributed by atoms with Crippen molar-refractivity contribution in [2.45, 2.75) is 12.5 Å². The van der Waals surface area contributed by atoms with Gasteiger partial charge in [-0.3, -0.25) is 0 Å². The van der Waals surface area contributed by atoms with Gasteiger partial charge in [-0.15, -0.1) is 0 Å². The Labute approximate surface area is 79.2 Å². The van der Waals surface area contributed by atoms with Crippen LogP contribution in [0.2, 0.25) is 0 Å². The highest BCUT2D eigenvalue weighted by molar-refractivity contribution is 5.80. The molecule has 2 nitrogen and oxygen atoms in total. The van der Waals surface area contributed by atoms with E-state index in [-0.39, 0.29) is 5.56 Å². The lowest BCUT2D eigenvalue weighted by Gasteiger charge is -2.09. The first kappa shape index (κ1) is 9.15. The highest BCUT2D eigenvalue weighted by atomic mass is 19.3. The van der Waals surface area contributed by atoms with E-state index in [9.17, 15) is 8.78 Å². The number of fused-ring (bicyclic) bond motifs is 1. The molecule has 0 radical (unpaired) electrons. The lowest BCUT2D eigenvalue weighted by atomic mass is 10.1. The normalized spacial score (nSPS) is 13.7. The molecule has 74 valence electrons. The van der Waals surface area contributed by atoms with Gasteiger partial charge in [-0.2, -0.15) is 0 Å². The Bertz CT molecular complexity index is 438. The number of nitrogens with one attached hydrogen (secondary N) is 1. The summed E-state index contributed by atoms with van der Waals surface area (Å²) in [6, 6.07) is 6.51. The molecule has 2 aromatic rings. The van der Waals surface area contributed by atoms with Gasteiger partial charge in [0.1, 0.15) is 6.10 Å². The number of aromatic amines is 1. The first-order valence-electron chi connectivity index (χ1n) is 4.22. The molecular weight excluding hydrogens is 188 g/mol. The number of aliphatic hydroxyl groups is 1. The number of aromatic nitrogens is 1. The maximum Gasteiger partial charge on any atom is 0.268 e. The van der Waals surface area contributed by atoms with Gasteiger partial charge < -0.3 is 10.1 Å². The van der Waals surface area contributed by atoms with Crippen molar-refractivity contribution in [2.75, 3.05) is 0 Å². The Balaban J connectivity index is 2.43. The lowest BCUT2D eigenvalue weighted by Crippen LogP contribution is -2.07. The maximum atomic E-state index is 12.2. The molecule has 1 atom stereocenters. The van der Waals surface area contributed by atoms with E-state index < -0.39 is 12.5 Å². The van der Waals surface area contributed by atoms with Crippen molar-refractivity contribution in [1.82, 2.24) is 4.98 Å². The minimum absolute atomic E-state index is 0.243. The predicted molar refractivity (Wildman–Crippen MR) is 49.3 cm³/mol. The molecule has 0 amide bonds. The average Bonchev–Trinajstić information content (AvgIpc) is 2.62. The fourth-order valence-electron chi connectivity index (χ4n) is 1.40. The van der Waals surface area contributed by atoms with Crippen LogP contribution in [0.4, 0.5) is 8.78 Å². The van der Waals surface area contributed by atoms with E-state index in [4.69, 9.17) is 5.11 Å². The molecule has 0 aliphatic carbocycles. The maximum absolute atomic E-state index is 12.2. The third-order valence-electron chi connectivity index (χ3n) is 2.16. The Morgan fingerprint density at radius 1 is 1.21 bits per heavy atom. The molecule has 0 saturated heterocycles. The summed E-state index contributed by atoms with van der Waals surface area (Å²) in [6.07, 6.45) is -2.72. The molecule has 4 heteroatoms. The van der Waals surface area contributed by atoms with Gasteiger partial charge in [0, 0.05) is 11.7 Å². The summed E-state index contributed by atoms with van der Waals surface area (Å²) in [7, 11) is 0. The Morgan fingerprint density at radius 2 is 2.00 bits per heavy atom. The summed E-state index contributed by atoms with van der Waals surface area (Å²) in [5, 5.41) is 9.96. The Kier molecular flexibility index (Phi) is 2.21. The molecular formula is C10H9F2NO. The zero-order chi connectivity index (χ0) is 10.1. The summed E-state index contributed by atoms with van der Waals surface area (Å²) < 4.78 is 24.4. The third kappa shape index (κ3) is 1.48. The minimum atomic E-state index is -2.74. The Hall–Kier alpha value is -1.42. The van der Waals surface area contributed by atoms with Crippen LogP contribution in [0.25, 0.3) is 10.9 Å². The van der Waals surface area contributed by atoms with Crippen LogP contribution >= 0.6 is 0 Å². The number of H-pyrrole nitrogens is 1. The van der Waals surface area contributed by atoms with E-state index in [1.165, 1.54) is 6.07 Å². The van der Waals surface area contributed by atoms with Crippen molar-refractivity contribution < 1.29 is 13.9 Å². The van der Waals surface area contributed by atoms with Crippen LogP contribution in [-0.4, -0.2) is 16.5 Å². The molecule has 2 rings (SSSR count). The molecule has 1 aromatic heterocycles. The standard InChI is InChI=1S/C10H9F2NO/c11-10(12)9(14)7-1-2-8-6(5-7)3-4-13-8/h1-5,9-10,13-14H. The second-order valence-corrected chi connectivity index (χ2v) is 3.10. The number of alkyl halides is 2. The van der Waals surface area contributed by atoms with E-state index in [1.54, 1.807) is 24.4 Å². The molecule has 14 heavy (non-hydrogen) atoms. The smallest absolute Gasteiger partial charge is 0.268 e. The lowest BCUT2D eigenvalue weighted by molar-refractivity contribution is -0.00570. The molecule has 1 heterocycles. The van der Waals surface area contributed by atoms with Crippen molar-refractivity contribution >= 4 is 10.9 Å². The van der Waals surface area contributed by atoms with Gasteiger partial charge in [0.25, 0.3) is 6.43 Å². The summed E-state index contributed by atoms with van der Waals surface area (Å²) in [5.74, 6) is 0. The van der Waals surface area contributed by atoms with Gasteiger partial charge in [-0.25, -0.2) is 8.78 Å². The van der Waals surface area contributed by atoms with Crippen LogP contribution in [0.5, 0.6) is 0 Å². The van der Waals surface area contributed by atoms with Crippen LogP contribution in [0.1, 0.15) is 11.7 Å². The predicted octanol–water partition coefficient (Wildman–Crippen LogP) is 2.47.